The van der Waals surface area contributed by atoms with Gasteiger partial charge in [0.05, 0.1) is 12.8 Å². The summed E-state index contributed by atoms with van der Waals surface area (Å²) < 4.78 is 5.21. The number of nitrogens with one attached hydrogen (secondary N) is 2. The molecule has 3 rings (SSSR count). The lowest BCUT2D eigenvalue weighted by molar-refractivity contribution is 0.518. The fourth-order valence-electron chi connectivity index (χ4n) is 1.51. The van der Waals surface area contributed by atoms with Crippen molar-refractivity contribution < 1.29 is 4.42 Å². The smallest absolute Gasteiger partial charge is 0.202 e. The molecule has 0 spiro atoms. The van der Waals surface area contributed by atoms with Crippen LogP contribution in [0.3, 0.4) is 0 Å². The Kier molecular flexibility index (Phi) is 2.41. The number of halogens is 1. The third kappa shape index (κ3) is 1.94. The number of nitrogens with zero attached hydrogens (tertiary/aromatic N) is 3. The Hall–Kier alpha value is -2.08. The fourth-order valence-corrected chi connectivity index (χ4v) is 1.69. The van der Waals surface area contributed by atoms with E-state index < -0.39 is 0 Å². The summed E-state index contributed by atoms with van der Waals surface area (Å²) in [7, 11) is 0. The largest absolute Gasteiger partial charge is 0.467 e. The van der Waals surface area contributed by atoms with Gasteiger partial charge in [-0.1, -0.05) is 0 Å². The molecule has 0 aliphatic carbocycles. The van der Waals surface area contributed by atoms with Gasteiger partial charge in [-0.2, -0.15) is 0 Å². The first-order valence-electron chi connectivity index (χ1n) is 4.95. The van der Waals surface area contributed by atoms with Gasteiger partial charge in [-0.3, -0.25) is 0 Å². The Morgan fingerprint density at radius 3 is 3.18 bits per heavy atom. The van der Waals surface area contributed by atoms with E-state index in [-0.39, 0.29) is 0 Å². The molecule has 3 aromatic heterocycles. The van der Waals surface area contributed by atoms with Gasteiger partial charge in [-0.25, -0.2) is 15.0 Å². The number of hydrogen-bond acceptors (Lipinski definition) is 5. The van der Waals surface area contributed by atoms with Gasteiger partial charge in [0, 0.05) is 0 Å². The third-order valence-corrected chi connectivity index (χ3v) is 2.44. The molecule has 0 atom stereocenters. The molecule has 0 amide bonds. The van der Waals surface area contributed by atoms with Crippen molar-refractivity contribution in [2.45, 2.75) is 6.54 Å². The Balaban J connectivity index is 1.89. The van der Waals surface area contributed by atoms with Crippen LogP contribution in [0.4, 0.5) is 5.82 Å². The van der Waals surface area contributed by atoms with Crippen molar-refractivity contribution in [3.8, 4) is 0 Å². The lowest BCUT2D eigenvalue weighted by atomic mass is 10.4. The molecule has 0 saturated carbocycles. The van der Waals surface area contributed by atoms with Gasteiger partial charge in [-0.15, -0.1) is 0 Å². The number of fused-ring (bicyclic) bond motifs is 1. The molecule has 7 heteroatoms. The van der Waals surface area contributed by atoms with E-state index in [0.29, 0.717) is 28.8 Å². The number of H-pyrrole nitrogens is 1. The quantitative estimate of drug-likeness (QED) is 0.696. The average molecular weight is 250 g/mol. The van der Waals surface area contributed by atoms with Gasteiger partial charge in [-0.05, 0) is 23.7 Å². The van der Waals surface area contributed by atoms with Crippen LogP contribution in [0.25, 0.3) is 11.2 Å². The topological polar surface area (TPSA) is 79.6 Å². The van der Waals surface area contributed by atoms with Crippen molar-refractivity contribution in [1.82, 2.24) is 19.9 Å². The van der Waals surface area contributed by atoms with Crippen LogP contribution in [0, 0.1) is 0 Å². The Morgan fingerprint density at radius 1 is 1.41 bits per heavy atom. The van der Waals surface area contributed by atoms with Crippen LogP contribution in [0.5, 0.6) is 0 Å². The van der Waals surface area contributed by atoms with Crippen LogP contribution in [-0.4, -0.2) is 19.9 Å². The highest BCUT2D eigenvalue weighted by Crippen LogP contribution is 2.19. The van der Waals surface area contributed by atoms with Gasteiger partial charge in [0.25, 0.3) is 0 Å². The maximum atomic E-state index is 5.77. The zero-order chi connectivity index (χ0) is 11.7. The van der Waals surface area contributed by atoms with Crippen LogP contribution < -0.4 is 5.32 Å². The summed E-state index contributed by atoms with van der Waals surface area (Å²) in [4.78, 5) is 15.1. The first-order valence-corrected chi connectivity index (χ1v) is 5.33. The number of hydrogen-bond donors (Lipinski definition) is 2. The number of aromatic nitrogens is 4. The highest BCUT2D eigenvalue weighted by atomic mass is 35.5. The Labute approximate surface area is 101 Å². The second-order valence-electron chi connectivity index (χ2n) is 3.38. The van der Waals surface area contributed by atoms with E-state index >= 15 is 0 Å². The number of imidazole rings is 1. The van der Waals surface area contributed by atoms with E-state index in [2.05, 4.69) is 25.3 Å². The molecule has 0 saturated heterocycles. The summed E-state index contributed by atoms with van der Waals surface area (Å²) in [5, 5.41) is 3.41. The molecule has 0 fully saturated rings. The van der Waals surface area contributed by atoms with Crippen molar-refractivity contribution in [1.29, 1.82) is 0 Å². The van der Waals surface area contributed by atoms with Crippen molar-refractivity contribution in [3.63, 3.8) is 0 Å². The minimum Gasteiger partial charge on any atom is -0.467 e. The molecule has 0 unspecified atom stereocenters. The van der Waals surface area contributed by atoms with Crippen LogP contribution in [-0.2, 0) is 6.54 Å². The van der Waals surface area contributed by atoms with Crippen molar-refractivity contribution in [3.05, 3.63) is 35.8 Å². The van der Waals surface area contributed by atoms with E-state index in [4.69, 9.17) is 16.0 Å². The predicted molar refractivity (Wildman–Crippen MR) is 62.7 cm³/mol. The molecule has 0 radical (unpaired) electrons. The van der Waals surface area contributed by atoms with Crippen LogP contribution in [0.2, 0.25) is 5.28 Å². The first-order chi connectivity index (χ1) is 8.33. The molecule has 86 valence electrons. The molecule has 17 heavy (non-hydrogen) atoms. The summed E-state index contributed by atoms with van der Waals surface area (Å²) in [5.74, 6) is 1.44. The Bertz CT molecular complexity index is 633. The lowest BCUT2D eigenvalue weighted by Crippen LogP contribution is -2.01. The minimum absolute atomic E-state index is 0.293. The molecule has 0 aliphatic rings. The number of furan rings is 1. The fraction of sp³-hybridized carbons (Fsp3) is 0.100. The summed E-state index contributed by atoms with van der Waals surface area (Å²) in [6, 6.07) is 3.71. The summed E-state index contributed by atoms with van der Waals surface area (Å²) >= 11 is 5.77. The number of anilines is 1. The molecule has 3 heterocycles. The van der Waals surface area contributed by atoms with Gasteiger partial charge in [0.15, 0.2) is 17.0 Å². The van der Waals surface area contributed by atoms with Gasteiger partial charge in [0.2, 0.25) is 5.28 Å². The van der Waals surface area contributed by atoms with Crippen LogP contribution in [0.1, 0.15) is 5.76 Å². The van der Waals surface area contributed by atoms with E-state index in [9.17, 15) is 0 Å². The normalized spacial score (nSPS) is 10.9. The minimum atomic E-state index is 0.293. The molecular formula is C10H8ClN5O. The molecular weight excluding hydrogens is 242 g/mol. The van der Waals surface area contributed by atoms with E-state index in [0.717, 1.165) is 5.76 Å². The maximum Gasteiger partial charge on any atom is 0.202 e. The highest BCUT2D eigenvalue weighted by molar-refractivity contribution is 6.29. The highest BCUT2D eigenvalue weighted by Gasteiger charge is 2.08. The summed E-state index contributed by atoms with van der Waals surface area (Å²) in [6.07, 6.45) is 3.07. The molecule has 0 aliphatic heterocycles. The van der Waals surface area contributed by atoms with Crippen molar-refractivity contribution >= 4 is 28.6 Å². The van der Waals surface area contributed by atoms with E-state index in [1.807, 2.05) is 12.1 Å². The van der Waals surface area contributed by atoms with Crippen molar-refractivity contribution in [2.24, 2.45) is 0 Å². The molecule has 2 N–H and O–H groups in total. The number of rotatable bonds is 3. The zero-order valence-corrected chi connectivity index (χ0v) is 9.40. The Morgan fingerprint density at radius 2 is 2.35 bits per heavy atom. The summed E-state index contributed by atoms with van der Waals surface area (Å²) in [5.41, 5.74) is 1.22. The van der Waals surface area contributed by atoms with Crippen LogP contribution in [0.15, 0.2) is 29.1 Å². The zero-order valence-electron chi connectivity index (χ0n) is 8.64. The molecule has 0 bridgehead atoms. The standard InChI is InChI=1S/C10H8ClN5O/c11-10-15-7-8(13-5-14-9(7)16-10)12-4-6-2-1-3-17-6/h1-3,5H,4H2,(H2,12,13,14,15,16). The predicted octanol–water partition coefficient (Wildman–Crippen LogP) is 2.21. The SMILES string of the molecule is Clc1nc2c(NCc3ccco3)ncnc2[nH]1. The van der Waals surface area contributed by atoms with E-state index in [1.54, 1.807) is 6.26 Å². The van der Waals surface area contributed by atoms with Gasteiger partial charge >= 0.3 is 0 Å². The number of aromatic amines is 1. The molecule has 3 aromatic rings. The maximum absolute atomic E-state index is 5.77. The second-order valence-corrected chi connectivity index (χ2v) is 3.74. The first kappa shape index (κ1) is 10.1. The molecule has 0 aromatic carbocycles. The van der Waals surface area contributed by atoms with Crippen LogP contribution >= 0.6 is 11.6 Å². The van der Waals surface area contributed by atoms with Gasteiger partial charge < -0.3 is 14.7 Å². The molecule has 6 nitrogen and oxygen atoms in total. The lowest BCUT2D eigenvalue weighted by Gasteiger charge is -2.02. The average Bonchev–Trinajstić information content (AvgIpc) is 2.93. The monoisotopic (exact) mass is 249 g/mol. The van der Waals surface area contributed by atoms with Crippen molar-refractivity contribution in [2.75, 3.05) is 5.32 Å². The second kappa shape index (κ2) is 4.06. The van der Waals surface area contributed by atoms with Gasteiger partial charge in [0.1, 0.15) is 12.1 Å². The van der Waals surface area contributed by atoms with E-state index in [1.165, 1.54) is 6.33 Å². The third-order valence-electron chi connectivity index (χ3n) is 2.26. The summed E-state index contributed by atoms with van der Waals surface area (Å²) in [6.45, 7) is 0.531.